The maximum absolute atomic E-state index is 14.6. The summed E-state index contributed by atoms with van der Waals surface area (Å²) in [5.74, 6) is -0.507. The van der Waals surface area contributed by atoms with E-state index >= 15 is 0 Å². The Hall–Kier alpha value is -3.80. The first-order chi connectivity index (χ1) is 13.5. The van der Waals surface area contributed by atoms with Gasteiger partial charge in [0, 0.05) is 23.5 Å². The Morgan fingerprint density at radius 2 is 2.32 bits per heavy atom. The molecule has 3 rings (SSSR count). The van der Waals surface area contributed by atoms with Crippen LogP contribution in [0.4, 0.5) is 14.9 Å². The van der Waals surface area contributed by atoms with Gasteiger partial charge in [0.2, 0.25) is 0 Å². The molecule has 1 aromatic heterocycles. The predicted molar refractivity (Wildman–Crippen MR) is 99.6 cm³/mol. The average Bonchev–Trinajstić information content (AvgIpc) is 3.07. The minimum Gasteiger partial charge on any atom is -0.442 e. The van der Waals surface area contributed by atoms with Crippen LogP contribution in [0.15, 0.2) is 59.6 Å². The predicted octanol–water partition coefficient (Wildman–Crippen LogP) is 3.53. The number of cyclic esters (lactones) is 1. The minimum absolute atomic E-state index is 0.250. The molecule has 1 atom stereocenters. The molecule has 0 spiro atoms. The van der Waals surface area contributed by atoms with Crippen molar-refractivity contribution in [3.63, 3.8) is 0 Å². The lowest BCUT2D eigenvalue weighted by atomic mass is 10.1. The summed E-state index contributed by atoms with van der Waals surface area (Å²) in [5.41, 5.74) is 1.50. The number of carbonyl (C=O) groups excluding carboxylic acids is 1. The summed E-state index contributed by atoms with van der Waals surface area (Å²) in [4.78, 5) is 17.5. The van der Waals surface area contributed by atoms with E-state index in [4.69, 9.17) is 10.00 Å². The van der Waals surface area contributed by atoms with E-state index in [2.05, 4.69) is 21.9 Å². The average molecular weight is 380 g/mol. The van der Waals surface area contributed by atoms with Crippen LogP contribution in [0.2, 0.25) is 0 Å². The van der Waals surface area contributed by atoms with Gasteiger partial charge in [-0.2, -0.15) is 10.4 Å². The number of hydrogen-bond donors (Lipinski definition) is 0. The molecule has 1 aliphatic heterocycles. The minimum atomic E-state index is -0.561. The summed E-state index contributed by atoms with van der Waals surface area (Å²) in [6.07, 6.45) is 1.89. The fourth-order valence-electron chi connectivity index (χ4n) is 2.82. The molecule has 0 bridgehead atoms. The molecule has 142 valence electrons. The number of rotatable bonds is 6. The molecule has 0 N–H and O–H groups in total. The van der Waals surface area contributed by atoms with Crippen molar-refractivity contribution in [3.05, 3.63) is 60.8 Å². The zero-order valence-corrected chi connectivity index (χ0v) is 15.1. The molecule has 1 aromatic carbocycles. The number of amides is 1. The molecule has 1 amide bonds. The Morgan fingerprint density at radius 3 is 2.93 bits per heavy atom. The second-order valence-corrected chi connectivity index (χ2v) is 5.92. The van der Waals surface area contributed by atoms with E-state index < -0.39 is 18.0 Å². The van der Waals surface area contributed by atoms with Crippen molar-refractivity contribution in [2.45, 2.75) is 6.10 Å². The van der Waals surface area contributed by atoms with Crippen LogP contribution in [-0.2, 0) is 4.74 Å². The van der Waals surface area contributed by atoms with Crippen LogP contribution >= 0.6 is 0 Å². The van der Waals surface area contributed by atoms with Gasteiger partial charge in [0.05, 0.1) is 25.8 Å². The normalized spacial score (nSPS) is 16.1. The largest absolute Gasteiger partial charge is 0.442 e. The van der Waals surface area contributed by atoms with Gasteiger partial charge < -0.3 is 4.74 Å². The van der Waals surface area contributed by atoms with Crippen molar-refractivity contribution in [1.82, 2.24) is 9.99 Å². The Morgan fingerprint density at radius 1 is 1.50 bits per heavy atom. The van der Waals surface area contributed by atoms with Crippen molar-refractivity contribution >= 4 is 11.8 Å². The summed E-state index contributed by atoms with van der Waals surface area (Å²) in [6, 6.07) is 9.53. The van der Waals surface area contributed by atoms with Gasteiger partial charge in [-0.25, -0.2) is 14.2 Å². The summed E-state index contributed by atoms with van der Waals surface area (Å²) in [5, 5.41) is 17.8. The fraction of sp³-hybridized carbons (Fsp3) is 0.211. The highest BCUT2D eigenvalue weighted by Crippen LogP contribution is 2.29. The van der Waals surface area contributed by atoms with E-state index in [-0.39, 0.29) is 12.2 Å². The van der Waals surface area contributed by atoms with Gasteiger partial charge in [0.25, 0.3) is 0 Å². The maximum atomic E-state index is 14.6. The summed E-state index contributed by atoms with van der Waals surface area (Å²) >= 11 is 0. The van der Waals surface area contributed by atoms with Crippen LogP contribution in [0.25, 0.3) is 11.1 Å². The Balaban J connectivity index is 1.77. The molecule has 2 heterocycles. The highest BCUT2D eigenvalue weighted by molar-refractivity contribution is 5.90. The topological polar surface area (TPSA) is 94.2 Å². The molecule has 2 aromatic rings. The number of nitriles is 1. The zero-order valence-electron chi connectivity index (χ0n) is 15.1. The van der Waals surface area contributed by atoms with E-state index in [1.54, 1.807) is 18.2 Å². The highest BCUT2D eigenvalue weighted by atomic mass is 19.1. The third-order valence-corrected chi connectivity index (χ3v) is 4.13. The SMILES string of the molecule is C=CN(CC1CN(c2ccc(-c3ccc(C#N)nc3)c(F)c2)C(=O)O1)N=NC. The molecule has 1 saturated heterocycles. The summed E-state index contributed by atoms with van der Waals surface area (Å²) in [7, 11) is 1.52. The second-order valence-electron chi connectivity index (χ2n) is 5.92. The first-order valence-corrected chi connectivity index (χ1v) is 8.39. The smallest absolute Gasteiger partial charge is 0.414 e. The second kappa shape index (κ2) is 8.26. The van der Waals surface area contributed by atoms with E-state index in [1.807, 2.05) is 6.07 Å². The number of halogens is 1. The standard InChI is InChI=1S/C19H17FN6O2/c1-3-25(24-22-2)11-16-12-26(19(27)28-16)15-6-7-17(18(20)8-15)13-4-5-14(9-21)23-10-13/h3-8,10,16H,1,11-12H2,2H3. The number of nitrogens with zero attached hydrogens (tertiary/aromatic N) is 6. The summed E-state index contributed by atoms with van der Waals surface area (Å²) < 4.78 is 20.0. The van der Waals surface area contributed by atoms with E-state index in [1.165, 1.54) is 41.5 Å². The van der Waals surface area contributed by atoms with Crippen LogP contribution in [0.3, 0.4) is 0 Å². The highest BCUT2D eigenvalue weighted by Gasteiger charge is 2.33. The fourth-order valence-corrected chi connectivity index (χ4v) is 2.82. The van der Waals surface area contributed by atoms with E-state index in [9.17, 15) is 9.18 Å². The Labute approximate surface area is 161 Å². The molecule has 0 saturated carbocycles. The third-order valence-electron chi connectivity index (χ3n) is 4.13. The van der Waals surface area contributed by atoms with Crippen LogP contribution in [0.1, 0.15) is 5.69 Å². The van der Waals surface area contributed by atoms with Gasteiger partial charge in [-0.3, -0.25) is 9.91 Å². The van der Waals surface area contributed by atoms with Gasteiger partial charge in [0.15, 0.2) is 0 Å². The number of hydrogen-bond acceptors (Lipinski definition) is 6. The number of benzene rings is 1. The van der Waals surface area contributed by atoms with Crippen molar-refractivity contribution in [1.29, 1.82) is 5.26 Å². The van der Waals surface area contributed by atoms with Crippen LogP contribution in [0, 0.1) is 17.1 Å². The molecule has 28 heavy (non-hydrogen) atoms. The molecule has 9 heteroatoms. The molecule has 8 nitrogen and oxygen atoms in total. The molecule has 0 radical (unpaired) electrons. The third kappa shape index (κ3) is 3.96. The first-order valence-electron chi connectivity index (χ1n) is 8.39. The lowest BCUT2D eigenvalue weighted by Gasteiger charge is -2.16. The zero-order chi connectivity index (χ0) is 20.1. The summed E-state index contributed by atoms with van der Waals surface area (Å²) in [6.45, 7) is 4.17. The molecular formula is C19H17FN6O2. The lowest BCUT2D eigenvalue weighted by molar-refractivity contribution is 0.121. The molecule has 1 fully saturated rings. The lowest BCUT2D eigenvalue weighted by Crippen LogP contribution is -2.29. The molecule has 1 unspecified atom stereocenters. The monoisotopic (exact) mass is 380 g/mol. The van der Waals surface area contributed by atoms with Crippen molar-refractivity contribution in [3.8, 4) is 17.2 Å². The molecular weight excluding hydrogens is 363 g/mol. The van der Waals surface area contributed by atoms with Gasteiger partial charge >= 0.3 is 6.09 Å². The molecule has 0 aliphatic carbocycles. The van der Waals surface area contributed by atoms with Gasteiger partial charge in [-0.15, -0.1) is 0 Å². The Bertz CT molecular complexity index is 954. The van der Waals surface area contributed by atoms with Crippen molar-refractivity contribution in [2.24, 2.45) is 10.3 Å². The van der Waals surface area contributed by atoms with Crippen LogP contribution in [0.5, 0.6) is 0 Å². The number of aromatic nitrogens is 1. The van der Waals surface area contributed by atoms with Crippen LogP contribution in [-0.4, -0.2) is 42.3 Å². The van der Waals surface area contributed by atoms with Crippen molar-refractivity contribution in [2.75, 3.05) is 25.0 Å². The van der Waals surface area contributed by atoms with E-state index in [0.717, 1.165) is 0 Å². The van der Waals surface area contributed by atoms with Gasteiger partial charge in [-0.1, -0.05) is 11.8 Å². The maximum Gasteiger partial charge on any atom is 0.414 e. The van der Waals surface area contributed by atoms with Crippen molar-refractivity contribution < 1.29 is 13.9 Å². The quantitative estimate of drug-likeness (QED) is 0.564. The number of carbonyl (C=O) groups is 1. The van der Waals surface area contributed by atoms with Gasteiger partial charge in [-0.05, 0) is 30.3 Å². The first kappa shape index (κ1) is 19.0. The van der Waals surface area contributed by atoms with E-state index in [0.29, 0.717) is 23.4 Å². The number of pyridine rings is 1. The number of ether oxygens (including phenoxy) is 1. The molecule has 1 aliphatic rings. The van der Waals surface area contributed by atoms with Gasteiger partial charge in [0.1, 0.15) is 23.7 Å². The Kier molecular flexibility index (Phi) is 5.60. The number of anilines is 1. The van der Waals surface area contributed by atoms with Crippen LogP contribution < -0.4 is 4.90 Å².